The van der Waals surface area contributed by atoms with Gasteiger partial charge in [0.05, 0.1) is 11.4 Å². The van der Waals surface area contributed by atoms with E-state index in [0.717, 1.165) is 61.6 Å². The quantitative estimate of drug-likeness (QED) is 0.181. The van der Waals surface area contributed by atoms with Crippen molar-refractivity contribution in [3.8, 4) is 90.3 Å². The number of ether oxygens (including phenoxy) is 2. The molecule has 0 saturated heterocycles. The van der Waals surface area contributed by atoms with E-state index in [-0.39, 0.29) is 5.41 Å². The molecule has 0 fully saturated rings. The van der Waals surface area contributed by atoms with Gasteiger partial charge in [0.25, 0.3) is 0 Å². The van der Waals surface area contributed by atoms with Gasteiger partial charge >= 0.3 is 0 Å². The van der Waals surface area contributed by atoms with Gasteiger partial charge in [-0.3, -0.25) is 0 Å². The van der Waals surface area contributed by atoms with Gasteiger partial charge in [0.1, 0.15) is 0 Å². The molecule has 2 heterocycles. The molecule has 0 amide bonds. The monoisotopic (exact) mass is 682 g/mol. The first-order valence-corrected chi connectivity index (χ1v) is 18.0. The van der Waals surface area contributed by atoms with Crippen molar-refractivity contribution in [3.63, 3.8) is 0 Å². The summed E-state index contributed by atoms with van der Waals surface area (Å²) in [7, 11) is 0. The molecule has 0 spiro atoms. The predicted molar refractivity (Wildman–Crippen MR) is 213 cm³/mol. The van der Waals surface area contributed by atoms with E-state index in [1.54, 1.807) is 0 Å². The van der Waals surface area contributed by atoms with Crippen LogP contribution in [-0.2, 0) is 5.41 Å². The summed E-state index contributed by atoms with van der Waals surface area (Å²) in [5.74, 6) is 3.52. The molecule has 0 unspecified atom stereocenters. The lowest BCUT2D eigenvalue weighted by Gasteiger charge is -2.26. The average Bonchev–Trinajstić information content (AvgIpc) is 3.46. The van der Waals surface area contributed by atoms with E-state index >= 15 is 0 Å². The van der Waals surface area contributed by atoms with Gasteiger partial charge in [0.15, 0.2) is 28.8 Å². The fourth-order valence-electron chi connectivity index (χ4n) is 7.95. The first-order chi connectivity index (χ1) is 26.0. The molecule has 53 heavy (non-hydrogen) atoms. The molecule has 10 rings (SSSR count). The van der Waals surface area contributed by atoms with Crippen LogP contribution in [0.4, 0.5) is 0 Å². The van der Waals surface area contributed by atoms with Gasteiger partial charge < -0.3 is 9.47 Å². The molecule has 1 aliphatic heterocycles. The third-order valence-corrected chi connectivity index (χ3v) is 10.6. The van der Waals surface area contributed by atoms with Crippen LogP contribution in [0.25, 0.3) is 67.3 Å². The summed E-state index contributed by atoms with van der Waals surface area (Å²) in [5, 5.41) is 0. The lowest BCUT2D eigenvalue weighted by molar-refractivity contribution is 0.361. The Morgan fingerprint density at radius 2 is 0.981 bits per heavy atom. The predicted octanol–water partition coefficient (Wildman–Crippen LogP) is 13.0. The third-order valence-electron chi connectivity index (χ3n) is 10.6. The maximum absolute atomic E-state index is 6.77. The van der Waals surface area contributed by atoms with Crippen molar-refractivity contribution in [3.05, 3.63) is 181 Å². The van der Waals surface area contributed by atoms with Crippen LogP contribution >= 0.6 is 0 Å². The second-order valence-electron chi connectivity index (χ2n) is 14.1. The summed E-state index contributed by atoms with van der Waals surface area (Å²) in [4.78, 5) is 10.4. The van der Waals surface area contributed by atoms with Crippen molar-refractivity contribution >= 4 is 0 Å². The Labute approximate surface area is 309 Å². The van der Waals surface area contributed by atoms with Crippen LogP contribution in [0, 0.1) is 0 Å². The largest absolute Gasteiger partial charge is 0.449 e. The van der Waals surface area contributed by atoms with E-state index in [9.17, 15) is 0 Å². The van der Waals surface area contributed by atoms with Gasteiger partial charge in [-0.25, -0.2) is 9.97 Å². The zero-order chi connectivity index (χ0) is 35.5. The summed E-state index contributed by atoms with van der Waals surface area (Å²) in [5.41, 5.74) is 13.6. The van der Waals surface area contributed by atoms with Gasteiger partial charge in [-0.15, -0.1) is 0 Å². The molecule has 0 bridgehead atoms. The van der Waals surface area contributed by atoms with Crippen molar-refractivity contribution in [2.75, 3.05) is 0 Å². The van der Waals surface area contributed by atoms with E-state index in [2.05, 4.69) is 147 Å². The minimum atomic E-state index is -0.129. The van der Waals surface area contributed by atoms with Gasteiger partial charge in [0, 0.05) is 33.2 Å². The number of hydrogen-bond donors (Lipinski definition) is 0. The smallest absolute Gasteiger partial charge is 0.178 e. The first-order valence-electron chi connectivity index (χ1n) is 18.0. The van der Waals surface area contributed by atoms with Crippen molar-refractivity contribution in [1.29, 1.82) is 0 Å². The number of benzene rings is 7. The molecule has 1 aromatic heterocycles. The molecule has 8 aromatic rings. The van der Waals surface area contributed by atoms with Crippen LogP contribution in [0.1, 0.15) is 25.0 Å². The summed E-state index contributed by atoms with van der Waals surface area (Å²) < 4.78 is 13.5. The van der Waals surface area contributed by atoms with Gasteiger partial charge in [0.2, 0.25) is 0 Å². The summed E-state index contributed by atoms with van der Waals surface area (Å²) >= 11 is 0. The Morgan fingerprint density at radius 3 is 1.79 bits per heavy atom. The SMILES string of the molecule is CC1(C)c2ccccc2-c2c1ccc1c2Oc2cccc(-c3cccc(-c4nc(-c5ccccc5)cc(-c5ccccc5-c5ccccc5)n4)c3)c2O1. The first kappa shape index (κ1) is 31.0. The van der Waals surface area contributed by atoms with Crippen LogP contribution in [0.2, 0.25) is 0 Å². The standard InChI is InChI=1S/C49H34N2O2/c1-49(2)39-25-12-11-23-38(39)45-40(49)27-28-44-47(45)53-43-26-14-24-36(46(43)52-44)33-19-13-20-34(29-33)48-50-41(32-17-7-4-8-18-32)30-42(51-48)37-22-10-9-21-35(37)31-15-5-3-6-16-31/h3-30H,1-2H3. The van der Waals surface area contributed by atoms with Crippen LogP contribution in [0.3, 0.4) is 0 Å². The van der Waals surface area contributed by atoms with Crippen LogP contribution in [-0.4, -0.2) is 9.97 Å². The highest BCUT2D eigenvalue weighted by Gasteiger charge is 2.39. The Kier molecular flexibility index (Phi) is 7.12. The third kappa shape index (κ3) is 5.14. The summed E-state index contributed by atoms with van der Waals surface area (Å²) in [6.45, 7) is 4.55. The number of nitrogens with zero attached hydrogens (tertiary/aromatic N) is 2. The Balaban J connectivity index is 1.07. The highest BCUT2D eigenvalue weighted by atomic mass is 16.6. The average molecular weight is 683 g/mol. The fourth-order valence-corrected chi connectivity index (χ4v) is 7.95. The maximum Gasteiger partial charge on any atom is 0.178 e. The van der Waals surface area contributed by atoms with Crippen LogP contribution in [0.5, 0.6) is 23.0 Å². The number of aromatic nitrogens is 2. The van der Waals surface area contributed by atoms with Gasteiger partial charge in [-0.05, 0) is 57.6 Å². The molecule has 4 nitrogen and oxygen atoms in total. The highest BCUT2D eigenvalue weighted by molar-refractivity contribution is 5.89. The van der Waals surface area contributed by atoms with E-state index < -0.39 is 0 Å². The fraction of sp³-hybridized carbons (Fsp3) is 0.0612. The molecule has 0 radical (unpaired) electrons. The van der Waals surface area contributed by atoms with E-state index in [0.29, 0.717) is 23.1 Å². The van der Waals surface area contributed by atoms with Crippen molar-refractivity contribution in [2.24, 2.45) is 0 Å². The van der Waals surface area contributed by atoms with Crippen LogP contribution in [0.15, 0.2) is 170 Å². The number of fused-ring (bicyclic) bond motifs is 6. The van der Waals surface area contributed by atoms with E-state index in [1.807, 2.05) is 36.4 Å². The zero-order valence-corrected chi connectivity index (χ0v) is 29.4. The molecular weight excluding hydrogens is 649 g/mol. The Morgan fingerprint density at radius 1 is 0.396 bits per heavy atom. The Bertz CT molecular complexity index is 2700. The van der Waals surface area contributed by atoms with Crippen molar-refractivity contribution in [2.45, 2.75) is 19.3 Å². The second-order valence-corrected chi connectivity index (χ2v) is 14.1. The minimum absolute atomic E-state index is 0.129. The Hall–Kier alpha value is -6.78. The molecule has 0 N–H and O–H groups in total. The van der Waals surface area contributed by atoms with Crippen molar-refractivity contribution < 1.29 is 9.47 Å². The minimum Gasteiger partial charge on any atom is -0.449 e. The van der Waals surface area contributed by atoms with E-state index in [1.165, 1.54) is 16.7 Å². The topological polar surface area (TPSA) is 44.2 Å². The molecular formula is C49H34N2O2. The zero-order valence-electron chi connectivity index (χ0n) is 29.4. The summed E-state index contributed by atoms with van der Waals surface area (Å²) in [6, 6.07) is 58.6. The summed E-state index contributed by atoms with van der Waals surface area (Å²) in [6.07, 6.45) is 0. The van der Waals surface area contributed by atoms with Gasteiger partial charge in [-0.1, -0.05) is 159 Å². The molecule has 2 aliphatic rings. The molecule has 0 saturated carbocycles. The lowest BCUT2D eigenvalue weighted by Crippen LogP contribution is -2.15. The maximum atomic E-state index is 6.77. The number of para-hydroxylation sites is 1. The van der Waals surface area contributed by atoms with E-state index in [4.69, 9.17) is 19.4 Å². The van der Waals surface area contributed by atoms with Gasteiger partial charge in [-0.2, -0.15) is 0 Å². The highest BCUT2D eigenvalue weighted by Crippen LogP contribution is 2.59. The lowest BCUT2D eigenvalue weighted by atomic mass is 9.82. The van der Waals surface area contributed by atoms with Crippen LogP contribution < -0.4 is 9.47 Å². The number of hydrogen-bond acceptors (Lipinski definition) is 4. The van der Waals surface area contributed by atoms with Crippen molar-refractivity contribution in [1.82, 2.24) is 9.97 Å². The second kappa shape index (κ2) is 12.2. The molecule has 0 atom stereocenters. The normalized spacial score (nSPS) is 13.2. The number of rotatable bonds is 5. The molecule has 1 aliphatic carbocycles. The molecule has 7 aromatic carbocycles. The molecule has 4 heteroatoms. The molecule has 252 valence electrons.